The first-order chi connectivity index (χ1) is 34.4. The number of hydrogen-bond acceptors (Lipinski definition) is 14. The lowest BCUT2D eigenvalue weighted by Gasteiger charge is -2.59. The molecular formula is C53H80N6O14. The summed E-state index contributed by atoms with van der Waals surface area (Å²) < 4.78 is 21.9. The van der Waals surface area contributed by atoms with Crippen molar-refractivity contribution in [2.24, 2.45) is 70.0 Å². The fourth-order valence-corrected chi connectivity index (χ4v) is 12.9. The van der Waals surface area contributed by atoms with E-state index in [-0.39, 0.29) is 79.4 Å². The number of methoxy groups -OCH3 is 2. The quantitative estimate of drug-likeness (QED) is 0.104. The Hall–Kier alpha value is -5.56. The van der Waals surface area contributed by atoms with E-state index >= 15 is 0 Å². The number of ether oxygens (including phenoxy) is 4. The summed E-state index contributed by atoms with van der Waals surface area (Å²) >= 11 is 0. The third-order valence-electron chi connectivity index (χ3n) is 15.7. The van der Waals surface area contributed by atoms with Crippen molar-refractivity contribution < 1.29 is 66.9 Å². The third kappa shape index (κ3) is 13.4. The van der Waals surface area contributed by atoms with E-state index in [1.165, 1.54) is 0 Å². The van der Waals surface area contributed by atoms with Gasteiger partial charge in [-0.1, -0.05) is 67.5 Å². The topological polar surface area (TPSA) is 280 Å². The van der Waals surface area contributed by atoms with E-state index in [0.717, 1.165) is 20.6 Å². The van der Waals surface area contributed by atoms with Gasteiger partial charge in [0.2, 0.25) is 47.7 Å². The highest BCUT2D eigenvalue weighted by molar-refractivity contribution is 5.97. The van der Waals surface area contributed by atoms with Gasteiger partial charge in [-0.15, -0.1) is 0 Å². The minimum absolute atomic E-state index is 0.00234. The van der Waals surface area contributed by atoms with Crippen LogP contribution in [0, 0.1) is 70.0 Å². The highest BCUT2D eigenvalue weighted by atomic mass is 16.6. The van der Waals surface area contributed by atoms with Crippen molar-refractivity contribution in [3.8, 4) is 0 Å². The summed E-state index contributed by atoms with van der Waals surface area (Å²) in [5.74, 6) is -10.1. The fraction of sp³-hybridized carbons (Fsp3) is 0.774. The number of carbonyl (C=O) groups is 10. The lowest BCUT2D eigenvalue weighted by atomic mass is 9.44. The zero-order valence-electron chi connectivity index (χ0n) is 44.3. The number of nitrogens with one attached hydrogen (secondary N) is 6. The number of hydrogen-bond donors (Lipinski definition) is 6. The van der Waals surface area contributed by atoms with Crippen molar-refractivity contribution in [3.63, 3.8) is 0 Å². The molecule has 20 heteroatoms. The SMILES string of the molecule is COC(=O)C1CNC(=O)[C@H](CC(C)C)NC(=O)[C@H](CC(C)C)NC(=O)[C@H]2[C@@H](C(=O)N[C@@H](CC(C)C)C(=O)N[C@@H](CC(C)C)C(=O)NC[C@@H](C(=O)OC)OC(=O)C34CC5CC(CC(C5)(C3)C(=O)O1)C4)[C@H]1C=C[C@@H]2C1. The standard InChI is InChI=1S/C53H80N6O14/c1-26(2)13-34-42(60)54-23-38(48(66)70-9)72-50(68)52-19-30-17-31(20-52)22-53(21-30,25-52)51(69)73-39(49(67)71-10)24-55-43(61)35(14-27(3)4)57-45(63)37(16-29(7)8)59-47(65)41-33-12-11-32(18-33)40(41)46(64)58-36(15-28(5)6)44(62)56-34/h11-12,26-41H,13-25H2,1-10H3,(H,54,60)(H,55,61)(H,56,62)(H,57,63)(H,58,64)(H,59,65)/t30?,31?,32-,33+,34-,35-,36-,37-,38-,39?,40-,41+,52?,53?/m0/s1. The predicted molar refractivity (Wildman–Crippen MR) is 263 cm³/mol. The van der Waals surface area contributed by atoms with Gasteiger partial charge >= 0.3 is 23.9 Å². The molecule has 7 rings (SSSR count). The number of fused-ring (bicyclic) bond motifs is 5. The average Bonchev–Trinajstić information content (AvgIpc) is 3.94. The van der Waals surface area contributed by atoms with Crippen LogP contribution in [-0.4, -0.2) is 123 Å². The van der Waals surface area contributed by atoms with Crippen molar-refractivity contribution in [1.29, 1.82) is 0 Å². The van der Waals surface area contributed by atoms with E-state index in [9.17, 15) is 47.9 Å². The summed E-state index contributed by atoms with van der Waals surface area (Å²) in [4.78, 5) is 141. The molecule has 6 bridgehead atoms. The van der Waals surface area contributed by atoms with Gasteiger partial charge in [0.05, 0.1) is 50.0 Å². The molecule has 0 radical (unpaired) electrons. The second kappa shape index (κ2) is 23.8. The Labute approximate surface area is 428 Å². The number of carbonyl (C=O) groups excluding carboxylic acids is 10. The van der Waals surface area contributed by atoms with E-state index in [2.05, 4.69) is 31.9 Å². The zero-order valence-corrected chi connectivity index (χ0v) is 44.3. The molecule has 6 fully saturated rings. The first kappa shape index (κ1) is 56.7. The largest absolute Gasteiger partial charge is 0.466 e. The highest BCUT2D eigenvalue weighted by Crippen LogP contribution is 2.66. The van der Waals surface area contributed by atoms with Crippen molar-refractivity contribution in [3.05, 3.63) is 12.2 Å². The van der Waals surface area contributed by atoms with Gasteiger partial charge < -0.3 is 50.8 Å². The summed E-state index contributed by atoms with van der Waals surface area (Å²) in [5, 5.41) is 16.8. The van der Waals surface area contributed by atoms with Crippen LogP contribution in [0.1, 0.15) is 126 Å². The molecule has 1 heterocycles. The second-order valence-corrected chi connectivity index (χ2v) is 23.6. The third-order valence-corrected chi connectivity index (χ3v) is 15.7. The molecule has 0 aromatic heterocycles. The maximum Gasteiger partial charge on any atom is 0.349 e. The first-order valence-electron chi connectivity index (χ1n) is 26.4. The van der Waals surface area contributed by atoms with Gasteiger partial charge in [0.25, 0.3) is 0 Å². The lowest BCUT2D eigenvalue weighted by molar-refractivity contribution is -0.203. The van der Waals surface area contributed by atoms with Crippen LogP contribution in [0.3, 0.4) is 0 Å². The van der Waals surface area contributed by atoms with Crippen molar-refractivity contribution in [1.82, 2.24) is 31.9 Å². The highest BCUT2D eigenvalue weighted by Gasteiger charge is 2.65. The van der Waals surface area contributed by atoms with Crippen molar-refractivity contribution in [2.45, 2.75) is 162 Å². The van der Waals surface area contributed by atoms with E-state index < -0.39 is 131 Å². The molecule has 6 aliphatic carbocycles. The maximum absolute atomic E-state index is 14.5. The predicted octanol–water partition coefficient (Wildman–Crippen LogP) is 2.55. The molecule has 20 nitrogen and oxygen atoms in total. The van der Waals surface area contributed by atoms with Gasteiger partial charge in [-0.25, -0.2) is 9.59 Å². The smallest absolute Gasteiger partial charge is 0.349 e. The number of esters is 4. The Balaban J connectivity index is 1.35. The van der Waals surface area contributed by atoms with E-state index in [4.69, 9.17) is 18.9 Å². The molecule has 6 N–H and O–H groups in total. The Bertz CT molecular complexity index is 2000. The van der Waals surface area contributed by atoms with Crippen LogP contribution in [0.25, 0.3) is 0 Å². The Morgan fingerprint density at radius 1 is 0.507 bits per heavy atom. The van der Waals surface area contributed by atoms with Crippen LogP contribution < -0.4 is 31.9 Å². The van der Waals surface area contributed by atoms with Crippen molar-refractivity contribution >= 4 is 59.3 Å². The van der Waals surface area contributed by atoms with E-state index in [1.807, 2.05) is 67.5 Å². The number of cyclic esters (lactones) is 2. The molecule has 73 heavy (non-hydrogen) atoms. The Morgan fingerprint density at radius 2 is 0.822 bits per heavy atom. The fourth-order valence-electron chi connectivity index (χ4n) is 12.9. The molecule has 0 aromatic carbocycles. The molecule has 0 aromatic rings. The molecule has 406 valence electrons. The molecule has 12 atom stereocenters. The lowest BCUT2D eigenvalue weighted by Crippen LogP contribution is -2.60. The van der Waals surface area contributed by atoms with Crippen molar-refractivity contribution in [2.75, 3.05) is 27.3 Å². The second-order valence-electron chi connectivity index (χ2n) is 23.6. The summed E-state index contributed by atoms with van der Waals surface area (Å²) in [6, 6.07) is -4.53. The monoisotopic (exact) mass is 1020 g/mol. The molecule has 2 spiro atoms. The number of rotatable bonds is 10. The normalized spacial score (nSPS) is 35.6. The number of amides is 6. The van der Waals surface area contributed by atoms with Crippen LogP contribution in [0.4, 0.5) is 0 Å². The Kier molecular flexibility index (Phi) is 18.5. The first-order valence-corrected chi connectivity index (χ1v) is 26.4. The van der Waals surface area contributed by atoms with E-state index in [1.54, 1.807) is 0 Å². The van der Waals surface area contributed by atoms with Gasteiger partial charge in [0.1, 0.15) is 24.2 Å². The molecule has 3 unspecified atom stereocenters. The van der Waals surface area contributed by atoms with Gasteiger partial charge in [0.15, 0.2) is 0 Å². The van der Waals surface area contributed by atoms with Crippen LogP contribution in [0.15, 0.2) is 12.2 Å². The van der Waals surface area contributed by atoms with Crippen LogP contribution in [0.2, 0.25) is 0 Å². The molecule has 6 amide bonds. The molecule has 5 saturated carbocycles. The maximum atomic E-state index is 14.5. The van der Waals surface area contributed by atoms with E-state index in [0.29, 0.717) is 32.1 Å². The molecular weight excluding hydrogens is 945 g/mol. The minimum atomic E-state index is -1.60. The van der Waals surface area contributed by atoms with Crippen LogP contribution >= 0.6 is 0 Å². The minimum Gasteiger partial charge on any atom is -0.466 e. The Morgan fingerprint density at radius 3 is 1.14 bits per heavy atom. The summed E-state index contributed by atoms with van der Waals surface area (Å²) in [6.45, 7) is 14.0. The summed E-state index contributed by atoms with van der Waals surface area (Å²) in [7, 11) is 2.23. The van der Waals surface area contributed by atoms with Gasteiger partial charge in [-0.2, -0.15) is 0 Å². The van der Waals surface area contributed by atoms with Crippen LogP contribution in [-0.2, 0) is 66.9 Å². The molecule has 7 aliphatic rings. The van der Waals surface area contributed by atoms with Gasteiger partial charge in [-0.3, -0.25) is 38.4 Å². The molecule has 1 saturated heterocycles. The van der Waals surface area contributed by atoms with Crippen LogP contribution in [0.5, 0.6) is 0 Å². The number of allylic oxidation sites excluding steroid dienone is 2. The van der Waals surface area contributed by atoms with Gasteiger partial charge in [-0.05, 0) is 118 Å². The molecule has 1 aliphatic heterocycles. The zero-order chi connectivity index (χ0) is 53.7. The van der Waals surface area contributed by atoms with Gasteiger partial charge in [0, 0.05) is 0 Å². The summed E-state index contributed by atoms with van der Waals surface area (Å²) in [6.07, 6.45) is 4.00. The average molecular weight is 1030 g/mol. The summed E-state index contributed by atoms with van der Waals surface area (Å²) in [5.41, 5.74) is -2.44.